The molecule has 0 bridgehead atoms. The van der Waals surface area contributed by atoms with Gasteiger partial charge >= 0.3 is 6.03 Å². The van der Waals surface area contributed by atoms with Gasteiger partial charge in [-0.3, -0.25) is 0 Å². The van der Waals surface area contributed by atoms with Crippen molar-refractivity contribution in [1.29, 1.82) is 0 Å². The van der Waals surface area contributed by atoms with Crippen molar-refractivity contribution in [3.8, 4) is 0 Å². The molecule has 7 heteroatoms. The fourth-order valence-corrected chi connectivity index (χ4v) is 2.17. The van der Waals surface area contributed by atoms with Gasteiger partial charge in [-0.15, -0.1) is 0 Å². The molecule has 4 N–H and O–H groups in total. The molecule has 0 aliphatic carbocycles. The van der Waals surface area contributed by atoms with E-state index < -0.39 is 0 Å². The van der Waals surface area contributed by atoms with Crippen molar-refractivity contribution in [3.63, 3.8) is 0 Å². The summed E-state index contributed by atoms with van der Waals surface area (Å²) in [5, 5.41) is 14.6. The Balaban J connectivity index is 1.95. The van der Waals surface area contributed by atoms with E-state index in [0.717, 1.165) is 12.0 Å². The molecular formula is C14H20N4O3. The van der Waals surface area contributed by atoms with Crippen molar-refractivity contribution in [3.05, 3.63) is 35.4 Å². The first-order valence-electron chi connectivity index (χ1n) is 6.76. The van der Waals surface area contributed by atoms with E-state index in [1.807, 2.05) is 6.07 Å². The summed E-state index contributed by atoms with van der Waals surface area (Å²) in [5.41, 5.74) is 7.08. The fraction of sp³-hybridized carbons (Fsp3) is 0.429. The molecule has 0 aromatic heterocycles. The summed E-state index contributed by atoms with van der Waals surface area (Å²) in [7, 11) is 1.72. The summed E-state index contributed by atoms with van der Waals surface area (Å²) < 4.78 is 5.23. The maximum atomic E-state index is 12.0. The number of hydrogen-bond acceptors (Lipinski definition) is 4. The van der Waals surface area contributed by atoms with Crippen molar-refractivity contribution < 1.29 is 14.7 Å². The monoisotopic (exact) mass is 292 g/mol. The van der Waals surface area contributed by atoms with E-state index in [4.69, 9.17) is 15.7 Å². The Morgan fingerprint density at radius 2 is 2.43 bits per heavy atom. The number of rotatable bonds is 4. The molecule has 7 nitrogen and oxygen atoms in total. The molecule has 1 atom stereocenters. The molecule has 1 saturated heterocycles. The number of nitrogens with zero attached hydrogens (tertiary/aromatic N) is 2. The van der Waals surface area contributed by atoms with Crippen LogP contribution >= 0.6 is 0 Å². The van der Waals surface area contributed by atoms with Crippen molar-refractivity contribution in [2.24, 2.45) is 10.9 Å². The maximum Gasteiger partial charge on any atom is 0.317 e. The smallest absolute Gasteiger partial charge is 0.317 e. The van der Waals surface area contributed by atoms with Gasteiger partial charge in [0, 0.05) is 25.8 Å². The van der Waals surface area contributed by atoms with E-state index >= 15 is 0 Å². The molecule has 0 spiro atoms. The van der Waals surface area contributed by atoms with Crippen LogP contribution in [0.3, 0.4) is 0 Å². The molecule has 2 rings (SSSR count). The highest BCUT2D eigenvalue weighted by Gasteiger charge is 2.19. The number of amidine groups is 1. The van der Waals surface area contributed by atoms with E-state index in [-0.39, 0.29) is 17.9 Å². The van der Waals surface area contributed by atoms with Crippen LogP contribution in [0.4, 0.5) is 4.79 Å². The zero-order valence-corrected chi connectivity index (χ0v) is 12.0. The molecule has 2 amide bonds. The van der Waals surface area contributed by atoms with Crippen molar-refractivity contribution in [2.75, 3.05) is 20.3 Å². The van der Waals surface area contributed by atoms with Crippen molar-refractivity contribution in [1.82, 2.24) is 10.2 Å². The van der Waals surface area contributed by atoms with Gasteiger partial charge in [0.15, 0.2) is 5.84 Å². The Bertz CT molecular complexity index is 527. The zero-order valence-electron chi connectivity index (χ0n) is 12.0. The summed E-state index contributed by atoms with van der Waals surface area (Å²) in [6, 6.07) is 7.17. The van der Waals surface area contributed by atoms with Gasteiger partial charge in [-0.05, 0) is 18.1 Å². The second-order valence-electron chi connectivity index (χ2n) is 5.05. The quantitative estimate of drug-likeness (QED) is 0.329. The highest BCUT2D eigenvalue weighted by molar-refractivity contribution is 5.97. The SMILES string of the molecule is CN(Cc1cccc(/C(N)=N/O)c1)C(=O)NC1CCOC1. The number of ether oxygens (including phenoxy) is 1. The molecule has 1 aromatic carbocycles. The zero-order chi connectivity index (χ0) is 15.2. The van der Waals surface area contributed by atoms with Crippen LogP contribution in [0.15, 0.2) is 29.4 Å². The van der Waals surface area contributed by atoms with Gasteiger partial charge in [0.1, 0.15) is 0 Å². The average Bonchev–Trinajstić information content (AvgIpc) is 2.99. The number of amides is 2. The Kier molecular flexibility index (Phi) is 4.99. The lowest BCUT2D eigenvalue weighted by Gasteiger charge is -2.20. The van der Waals surface area contributed by atoms with Crippen LogP contribution in [-0.2, 0) is 11.3 Å². The number of hydrogen-bond donors (Lipinski definition) is 3. The third-order valence-corrected chi connectivity index (χ3v) is 3.35. The minimum atomic E-state index is -0.139. The molecular weight excluding hydrogens is 272 g/mol. The summed E-state index contributed by atoms with van der Waals surface area (Å²) in [4.78, 5) is 13.6. The summed E-state index contributed by atoms with van der Waals surface area (Å²) in [6.07, 6.45) is 0.846. The number of carbonyl (C=O) groups excluding carboxylic acids is 1. The third kappa shape index (κ3) is 4.09. The molecule has 1 aromatic rings. The topological polar surface area (TPSA) is 100 Å². The van der Waals surface area contributed by atoms with Crippen molar-refractivity contribution >= 4 is 11.9 Å². The molecule has 0 radical (unpaired) electrons. The van der Waals surface area contributed by atoms with Gasteiger partial charge < -0.3 is 25.9 Å². The first kappa shape index (κ1) is 15.1. The van der Waals surface area contributed by atoms with Crippen LogP contribution in [0.5, 0.6) is 0 Å². The minimum Gasteiger partial charge on any atom is -0.409 e. The van der Waals surface area contributed by atoms with Crippen molar-refractivity contribution in [2.45, 2.75) is 19.0 Å². The predicted octanol–water partition coefficient (Wildman–Crippen LogP) is 0.711. The van der Waals surface area contributed by atoms with Gasteiger partial charge in [0.25, 0.3) is 0 Å². The molecule has 0 saturated carbocycles. The number of urea groups is 1. The van der Waals surface area contributed by atoms with Gasteiger partial charge in [-0.25, -0.2) is 4.79 Å². The Hall–Kier alpha value is -2.28. The van der Waals surface area contributed by atoms with Crippen LogP contribution in [-0.4, -0.2) is 48.3 Å². The normalized spacial score (nSPS) is 18.5. The maximum absolute atomic E-state index is 12.0. The molecule has 1 aliphatic heterocycles. The lowest BCUT2D eigenvalue weighted by atomic mass is 10.1. The Morgan fingerprint density at radius 1 is 1.62 bits per heavy atom. The third-order valence-electron chi connectivity index (χ3n) is 3.35. The van der Waals surface area contributed by atoms with E-state index in [2.05, 4.69) is 10.5 Å². The summed E-state index contributed by atoms with van der Waals surface area (Å²) >= 11 is 0. The molecule has 1 heterocycles. The van der Waals surface area contributed by atoms with Crippen LogP contribution in [0.2, 0.25) is 0 Å². The average molecular weight is 292 g/mol. The van der Waals surface area contributed by atoms with E-state index in [1.54, 1.807) is 30.1 Å². The molecule has 1 unspecified atom stereocenters. The van der Waals surface area contributed by atoms with Gasteiger partial charge in [0.05, 0.1) is 12.6 Å². The second-order valence-corrected chi connectivity index (χ2v) is 5.05. The van der Waals surface area contributed by atoms with E-state index in [0.29, 0.717) is 25.3 Å². The standard InChI is InChI=1S/C14H20N4O3/c1-18(14(19)16-12-5-6-21-9-12)8-10-3-2-4-11(7-10)13(15)17-20/h2-4,7,12,20H,5-6,8-9H2,1H3,(H2,15,17)(H,16,19). The first-order valence-corrected chi connectivity index (χ1v) is 6.76. The molecule has 1 aliphatic rings. The van der Waals surface area contributed by atoms with E-state index in [9.17, 15) is 4.79 Å². The number of benzene rings is 1. The van der Waals surface area contributed by atoms with Crippen LogP contribution in [0, 0.1) is 0 Å². The van der Waals surface area contributed by atoms with E-state index in [1.165, 1.54) is 0 Å². The largest absolute Gasteiger partial charge is 0.409 e. The lowest BCUT2D eigenvalue weighted by Crippen LogP contribution is -2.43. The molecule has 21 heavy (non-hydrogen) atoms. The van der Waals surface area contributed by atoms with Gasteiger partial charge in [-0.2, -0.15) is 0 Å². The van der Waals surface area contributed by atoms with Gasteiger partial charge in [-0.1, -0.05) is 23.4 Å². The number of nitrogens with one attached hydrogen (secondary N) is 1. The highest BCUT2D eigenvalue weighted by Crippen LogP contribution is 2.09. The summed E-state index contributed by atoms with van der Waals surface area (Å²) in [6.45, 7) is 1.70. The molecule has 114 valence electrons. The van der Waals surface area contributed by atoms with Gasteiger partial charge in [0.2, 0.25) is 0 Å². The minimum absolute atomic E-state index is 0.0482. The molecule has 1 fully saturated rings. The predicted molar refractivity (Wildman–Crippen MR) is 78.2 cm³/mol. The number of nitrogens with two attached hydrogens (primary N) is 1. The lowest BCUT2D eigenvalue weighted by molar-refractivity contribution is 0.181. The Labute approximate surface area is 123 Å². The highest BCUT2D eigenvalue weighted by atomic mass is 16.5. The van der Waals surface area contributed by atoms with Crippen LogP contribution < -0.4 is 11.1 Å². The fourth-order valence-electron chi connectivity index (χ4n) is 2.17. The Morgan fingerprint density at radius 3 is 3.10 bits per heavy atom. The second kappa shape index (κ2) is 6.94. The number of carbonyl (C=O) groups is 1. The number of oxime groups is 1. The van der Waals surface area contributed by atoms with Crippen LogP contribution in [0.1, 0.15) is 17.5 Å². The van der Waals surface area contributed by atoms with Crippen LogP contribution in [0.25, 0.3) is 0 Å². The summed E-state index contributed by atoms with van der Waals surface area (Å²) in [5.74, 6) is 0.0482. The first-order chi connectivity index (χ1) is 10.1.